The molecule has 1 aromatic rings. The Morgan fingerprint density at radius 2 is 2.05 bits per heavy atom. The molecule has 110 valence electrons. The zero-order chi connectivity index (χ0) is 14.5. The van der Waals surface area contributed by atoms with E-state index in [1.807, 2.05) is 0 Å². The predicted octanol–water partition coefficient (Wildman–Crippen LogP) is 3.36. The van der Waals surface area contributed by atoms with E-state index in [1.165, 1.54) is 12.5 Å². The average molecular weight is 344 g/mol. The van der Waals surface area contributed by atoms with Crippen LogP contribution in [0.1, 0.15) is 42.5 Å². The summed E-state index contributed by atoms with van der Waals surface area (Å²) >= 11 is 3.08. The van der Waals surface area contributed by atoms with Crippen LogP contribution in [0.25, 0.3) is 0 Å². The summed E-state index contributed by atoms with van der Waals surface area (Å²) in [5.74, 6) is -0.638. The van der Waals surface area contributed by atoms with Crippen LogP contribution < -0.4 is 0 Å². The van der Waals surface area contributed by atoms with E-state index in [4.69, 9.17) is 0 Å². The van der Waals surface area contributed by atoms with Gasteiger partial charge in [0.15, 0.2) is 0 Å². The van der Waals surface area contributed by atoms with Crippen molar-refractivity contribution in [3.8, 4) is 0 Å². The summed E-state index contributed by atoms with van der Waals surface area (Å²) in [6.45, 7) is 0.239. The molecule has 0 atom stereocenters. The SMILES string of the molecule is O=C(c1ccc(Br)c(F)c1)N(CCO)C1CCCCC1. The molecule has 1 amide bonds. The van der Waals surface area contributed by atoms with E-state index in [-0.39, 0.29) is 18.6 Å². The van der Waals surface area contributed by atoms with Crippen molar-refractivity contribution in [1.29, 1.82) is 0 Å². The van der Waals surface area contributed by atoms with Gasteiger partial charge in [-0.3, -0.25) is 4.79 Å². The lowest BCUT2D eigenvalue weighted by Gasteiger charge is -2.34. The third-order valence-electron chi connectivity index (χ3n) is 3.78. The maximum atomic E-state index is 13.6. The quantitative estimate of drug-likeness (QED) is 0.910. The maximum absolute atomic E-state index is 13.6. The molecule has 2 rings (SSSR count). The number of aliphatic hydroxyl groups excluding tert-OH is 1. The van der Waals surface area contributed by atoms with Gasteiger partial charge >= 0.3 is 0 Å². The number of aliphatic hydroxyl groups is 1. The van der Waals surface area contributed by atoms with Gasteiger partial charge in [-0.05, 0) is 47.0 Å². The Bertz CT molecular complexity index is 475. The first kappa shape index (κ1) is 15.4. The fraction of sp³-hybridized carbons (Fsp3) is 0.533. The summed E-state index contributed by atoms with van der Waals surface area (Å²) in [5, 5.41) is 9.19. The minimum atomic E-state index is -0.441. The molecule has 1 aliphatic carbocycles. The van der Waals surface area contributed by atoms with Gasteiger partial charge in [0.05, 0.1) is 11.1 Å². The Kier molecular flexibility index (Phi) is 5.54. The summed E-state index contributed by atoms with van der Waals surface area (Å²) in [7, 11) is 0. The van der Waals surface area contributed by atoms with E-state index in [0.29, 0.717) is 16.6 Å². The van der Waals surface area contributed by atoms with Gasteiger partial charge in [0, 0.05) is 18.2 Å². The Labute approximate surface area is 126 Å². The summed E-state index contributed by atoms with van der Waals surface area (Å²) in [5.41, 5.74) is 0.338. The van der Waals surface area contributed by atoms with Crippen LogP contribution in [0.15, 0.2) is 22.7 Å². The molecule has 0 aliphatic heterocycles. The van der Waals surface area contributed by atoms with Gasteiger partial charge in [0.2, 0.25) is 0 Å². The minimum Gasteiger partial charge on any atom is -0.395 e. The molecule has 1 saturated carbocycles. The van der Waals surface area contributed by atoms with Crippen molar-refractivity contribution in [2.75, 3.05) is 13.2 Å². The van der Waals surface area contributed by atoms with Crippen molar-refractivity contribution in [3.63, 3.8) is 0 Å². The van der Waals surface area contributed by atoms with E-state index in [2.05, 4.69) is 15.9 Å². The van der Waals surface area contributed by atoms with Crippen LogP contribution >= 0.6 is 15.9 Å². The van der Waals surface area contributed by atoms with Gasteiger partial charge in [-0.25, -0.2) is 4.39 Å². The van der Waals surface area contributed by atoms with Gasteiger partial charge in [-0.15, -0.1) is 0 Å². The van der Waals surface area contributed by atoms with Crippen LogP contribution in [0, 0.1) is 5.82 Å². The fourth-order valence-corrected chi connectivity index (χ4v) is 2.99. The average Bonchev–Trinajstić information content (AvgIpc) is 2.48. The molecule has 0 bridgehead atoms. The topological polar surface area (TPSA) is 40.5 Å². The lowest BCUT2D eigenvalue weighted by molar-refractivity contribution is 0.0585. The number of benzene rings is 1. The molecule has 0 spiro atoms. The first-order chi connectivity index (χ1) is 9.63. The maximum Gasteiger partial charge on any atom is 0.254 e. The number of rotatable bonds is 4. The standard InChI is InChI=1S/C15H19BrFNO2/c16-13-7-6-11(10-14(13)17)15(20)18(8-9-19)12-4-2-1-3-5-12/h6-7,10,12,19H,1-5,8-9H2. The van der Waals surface area contributed by atoms with Crippen LogP contribution in [-0.2, 0) is 0 Å². The Hall–Kier alpha value is -0.940. The molecule has 5 heteroatoms. The summed E-state index contributed by atoms with van der Waals surface area (Å²) in [6.07, 6.45) is 5.34. The Balaban J connectivity index is 2.18. The molecule has 0 unspecified atom stereocenters. The van der Waals surface area contributed by atoms with Crippen LogP contribution in [0.4, 0.5) is 4.39 Å². The lowest BCUT2D eigenvalue weighted by Crippen LogP contribution is -2.43. The second-order valence-electron chi connectivity index (χ2n) is 5.14. The van der Waals surface area contributed by atoms with Crippen molar-refractivity contribution in [3.05, 3.63) is 34.1 Å². The molecular formula is C15H19BrFNO2. The first-order valence-corrected chi connectivity index (χ1v) is 7.79. The van der Waals surface area contributed by atoms with E-state index in [9.17, 15) is 14.3 Å². The number of carbonyl (C=O) groups is 1. The van der Waals surface area contributed by atoms with Gasteiger partial charge < -0.3 is 10.0 Å². The fourth-order valence-electron chi connectivity index (χ4n) is 2.75. The van der Waals surface area contributed by atoms with E-state index >= 15 is 0 Å². The molecule has 1 aliphatic rings. The Morgan fingerprint density at radius 3 is 2.65 bits per heavy atom. The van der Waals surface area contributed by atoms with E-state index in [1.54, 1.807) is 17.0 Å². The Morgan fingerprint density at radius 1 is 1.35 bits per heavy atom. The number of carbonyl (C=O) groups excluding carboxylic acids is 1. The second kappa shape index (κ2) is 7.18. The van der Waals surface area contributed by atoms with Crippen LogP contribution in [0.5, 0.6) is 0 Å². The summed E-state index contributed by atoms with van der Waals surface area (Å²) in [4.78, 5) is 14.2. The van der Waals surface area contributed by atoms with Crippen LogP contribution in [0.2, 0.25) is 0 Å². The molecule has 0 heterocycles. The highest BCUT2D eigenvalue weighted by Crippen LogP contribution is 2.25. The van der Waals surface area contributed by atoms with Gasteiger partial charge in [0.1, 0.15) is 5.82 Å². The van der Waals surface area contributed by atoms with Crippen molar-refractivity contribution < 1.29 is 14.3 Å². The summed E-state index contributed by atoms with van der Waals surface area (Å²) in [6, 6.07) is 4.57. The van der Waals surface area contributed by atoms with Crippen molar-refractivity contribution in [2.45, 2.75) is 38.1 Å². The zero-order valence-electron chi connectivity index (χ0n) is 11.3. The molecule has 3 nitrogen and oxygen atoms in total. The normalized spacial score (nSPS) is 16.1. The van der Waals surface area contributed by atoms with Gasteiger partial charge in [-0.2, -0.15) is 0 Å². The largest absolute Gasteiger partial charge is 0.395 e. The van der Waals surface area contributed by atoms with Crippen LogP contribution in [-0.4, -0.2) is 35.1 Å². The lowest BCUT2D eigenvalue weighted by atomic mass is 9.93. The second-order valence-corrected chi connectivity index (χ2v) is 6.00. The smallest absolute Gasteiger partial charge is 0.254 e. The van der Waals surface area contributed by atoms with Crippen molar-refractivity contribution in [1.82, 2.24) is 4.90 Å². The monoisotopic (exact) mass is 343 g/mol. The van der Waals surface area contributed by atoms with Crippen molar-refractivity contribution >= 4 is 21.8 Å². The number of nitrogens with zero attached hydrogens (tertiary/aromatic N) is 1. The number of hydrogen-bond donors (Lipinski definition) is 1. The molecule has 0 aromatic heterocycles. The molecule has 1 aromatic carbocycles. The molecule has 20 heavy (non-hydrogen) atoms. The third-order valence-corrected chi connectivity index (χ3v) is 4.43. The minimum absolute atomic E-state index is 0.0682. The molecule has 0 saturated heterocycles. The van der Waals surface area contributed by atoms with Gasteiger partial charge in [-0.1, -0.05) is 19.3 Å². The molecule has 0 radical (unpaired) electrons. The molecule has 1 fully saturated rings. The van der Waals surface area contributed by atoms with E-state index < -0.39 is 5.82 Å². The molecular weight excluding hydrogens is 325 g/mol. The number of halogens is 2. The predicted molar refractivity (Wildman–Crippen MR) is 79.1 cm³/mol. The highest BCUT2D eigenvalue weighted by atomic mass is 79.9. The van der Waals surface area contributed by atoms with Crippen LogP contribution in [0.3, 0.4) is 0 Å². The zero-order valence-corrected chi connectivity index (χ0v) is 12.9. The molecule has 1 N–H and O–H groups in total. The number of hydrogen-bond acceptors (Lipinski definition) is 2. The number of amides is 1. The highest BCUT2D eigenvalue weighted by Gasteiger charge is 2.26. The van der Waals surface area contributed by atoms with Gasteiger partial charge in [0.25, 0.3) is 5.91 Å². The van der Waals surface area contributed by atoms with Crippen molar-refractivity contribution in [2.24, 2.45) is 0 Å². The third kappa shape index (κ3) is 3.58. The van der Waals surface area contributed by atoms with E-state index in [0.717, 1.165) is 25.7 Å². The first-order valence-electron chi connectivity index (χ1n) is 7.00. The summed E-state index contributed by atoms with van der Waals surface area (Å²) < 4.78 is 13.9. The highest BCUT2D eigenvalue weighted by molar-refractivity contribution is 9.10.